The van der Waals surface area contributed by atoms with Crippen LogP contribution in [0.2, 0.25) is 0 Å². The summed E-state index contributed by atoms with van der Waals surface area (Å²) in [6, 6.07) is 13.8. The molecule has 7 nitrogen and oxygen atoms in total. The average Bonchev–Trinajstić information content (AvgIpc) is 2.99. The summed E-state index contributed by atoms with van der Waals surface area (Å²) in [5, 5.41) is 5.55. The van der Waals surface area contributed by atoms with Gasteiger partial charge < -0.3 is 15.4 Å². The molecule has 0 bridgehead atoms. The van der Waals surface area contributed by atoms with Crippen LogP contribution in [0.1, 0.15) is 18.9 Å². The highest BCUT2D eigenvalue weighted by molar-refractivity contribution is 7.98. The van der Waals surface area contributed by atoms with E-state index in [-0.39, 0.29) is 6.54 Å². The lowest BCUT2D eigenvalue weighted by Gasteiger charge is -2.26. The van der Waals surface area contributed by atoms with E-state index in [9.17, 15) is 14.4 Å². The van der Waals surface area contributed by atoms with Gasteiger partial charge in [-0.05, 0) is 42.5 Å². The standard InChI is InChI=1S/C21H23N3O4S/c1-4-21(14-9-11-15(28-2)12-10-14)19(26)24(20(27)23-21)13-18(25)22-16-7-5-6-8-17(16)29-3/h5-12H,4,13H2,1-3H3,(H,22,25)(H,23,27). The van der Waals surface area contributed by atoms with Gasteiger partial charge in [-0.2, -0.15) is 0 Å². The number of hydrogen-bond acceptors (Lipinski definition) is 5. The Bertz CT molecular complexity index is 932. The van der Waals surface area contributed by atoms with E-state index in [0.717, 1.165) is 9.80 Å². The van der Waals surface area contributed by atoms with Crippen molar-refractivity contribution in [2.75, 3.05) is 25.2 Å². The minimum Gasteiger partial charge on any atom is -0.497 e. The van der Waals surface area contributed by atoms with Crippen LogP contribution in [-0.4, -0.2) is 42.7 Å². The third-order valence-corrected chi connectivity index (χ3v) is 5.77. The maximum absolute atomic E-state index is 13.2. The van der Waals surface area contributed by atoms with Gasteiger partial charge in [0.2, 0.25) is 5.91 Å². The molecule has 29 heavy (non-hydrogen) atoms. The smallest absolute Gasteiger partial charge is 0.325 e. The average molecular weight is 413 g/mol. The summed E-state index contributed by atoms with van der Waals surface area (Å²) in [6.45, 7) is 1.46. The second-order valence-electron chi connectivity index (χ2n) is 6.56. The van der Waals surface area contributed by atoms with Crippen LogP contribution in [0.15, 0.2) is 53.4 Å². The van der Waals surface area contributed by atoms with Crippen molar-refractivity contribution < 1.29 is 19.1 Å². The fourth-order valence-corrected chi connectivity index (χ4v) is 3.92. The number of ether oxygens (including phenoxy) is 1. The molecule has 1 heterocycles. The normalized spacial score (nSPS) is 18.5. The van der Waals surface area contributed by atoms with Crippen molar-refractivity contribution in [2.24, 2.45) is 0 Å². The van der Waals surface area contributed by atoms with Crippen molar-refractivity contribution in [2.45, 2.75) is 23.8 Å². The lowest BCUT2D eigenvalue weighted by Crippen LogP contribution is -2.44. The zero-order valence-corrected chi connectivity index (χ0v) is 17.3. The number of carbonyl (C=O) groups is 3. The van der Waals surface area contributed by atoms with E-state index >= 15 is 0 Å². The minimum absolute atomic E-state index is 0.356. The highest BCUT2D eigenvalue weighted by atomic mass is 32.2. The molecule has 1 aliphatic rings. The molecule has 2 aromatic rings. The van der Waals surface area contributed by atoms with E-state index < -0.39 is 23.4 Å². The summed E-state index contributed by atoms with van der Waals surface area (Å²) in [4.78, 5) is 40.1. The van der Waals surface area contributed by atoms with Gasteiger partial charge >= 0.3 is 6.03 Å². The van der Waals surface area contributed by atoms with E-state index in [0.29, 0.717) is 23.4 Å². The SMILES string of the molecule is CCC1(c2ccc(OC)cc2)NC(=O)N(CC(=O)Nc2ccccc2SC)C1=O. The number of anilines is 1. The number of urea groups is 1. The van der Waals surface area contributed by atoms with Gasteiger partial charge in [-0.1, -0.05) is 31.2 Å². The molecule has 2 aromatic carbocycles. The van der Waals surface area contributed by atoms with Crippen LogP contribution in [0.25, 0.3) is 0 Å². The summed E-state index contributed by atoms with van der Waals surface area (Å²) in [7, 11) is 1.56. The number of imide groups is 1. The fraction of sp³-hybridized carbons (Fsp3) is 0.286. The van der Waals surface area contributed by atoms with E-state index in [1.165, 1.54) is 11.8 Å². The number of thioether (sulfide) groups is 1. The Morgan fingerprint density at radius 1 is 1.17 bits per heavy atom. The van der Waals surface area contributed by atoms with E-state index in [2.05, 4.69) is 10.6 Å². The molecule has 2 N–H and O–H groups in total. The van der Waals surface area contributed by atoms with Gasteiger partial charge in [0.15, 0.2) is 0 Å². The van der Waals surface area contributed by atoms with Gasteiger partial charge in [-0.3, -0.25) is 14.5 Å². The first-order valence-electron chi connectivity index (χ1n) is 9.16. The Kier molecular flexibility index (Phi) is 6.12. The Balaban J connectivity index is 1.79. The largest absolute Gasteiger partial charge is 0.497 e. The molecule has 8 heteroatoms. The predicted octanol–water partition coefficient (Wildman–Crippen LogP) is 3.21. The molecule has 1 unspecified atom stereocenters. The number of methoxy groups -OCH3 is 1. The first kappa shape index (κ1) is 20.7. The second-order valence-corrected chi connectivity index (χ2v) is 7.41. The minimum atomic E-state index is -1.19. The molecule has 1 aliphatic heterocycles. The third-order valence-electron chi connectivity index (χ3n) is 4.97. The summed E-state index contributed by atoms with van der Waals surface area (Å²) in [5.41, 5.74) is 0.102. The van der Waals surface area contributed by atoms with Crippen molar-refractivity contribution in [1.82, 2.24) is 10.2 Å². The van der Waals surface area contributed by atoms with Crippen LogP contribution in [0.3, 0.4) is 0 Å². The van der Waals surface area contributed by atoms with Gasteiger partial charge in [0.1, 0.15) is 17.8 Å². The topological polar surface area (TPSA) is 87.7 Å². The maximum atomic E-state index is 13.2. The number of hydrogen-bond donors (Lipinski definition) is 2. The summed E-state index contributed by atoms with van der Waals surface area (Å²) < 4.78 is 5.16. The van der Waals surface area contributed by atoms with Crippen molar-refractivity contribution in [3.8, 4) is 5.75 Å². The van der Waals surface area contributed by atoms with Crippen LogP contribution < -0.4 is 15.4 Å². The third kappa shape index (κ3) is 3.93. The first-order valence-corrected chi connectivity index (χ1v) is 10.4. The van der Waals surface area contributed by atoms with Gasteiger partial charge in [0, 0.05) is 4.90 Å². The molecule has 0 radical (unpaired) electrons. The number of rotatable bonds is 7. The van der Waals surface area contributed by atoms with Crippen molar-refractivity contribution in [1.29, 1.82) is 0 Å². The van der Waals surface area contributed by atoms with Crippen molar-refractivity contribution in [3.63, 3.8) is 0 Å². The van der Waals surface area contributed by atoms with Gasteiger partial charge in [-0.25, -0.2) is 4.79 Å². The van der Waals surface area contributed by atoms with Gasteiger partial charge in [0.05, 0.1) is 12.8 Å². The Morgan fingerprint density at radius 2 is 1.86 bits per heavy atom. The van der Waals surface area contributed by atoms with Crippen LogP contribution in [0.5, 0.6) is 5.75 Å². The summed E-state index contributed by atoms with van der Waals surface area (Å²) >= 11 is 1.50. The van der Waals surface area contributed by atoms with Crippen LogP contribution in [-0.2, 0) is 15.1 Å². The Hall–Kier alpha value is -3.00. The zero-order chi connectivity index (χ0) is 21.0. The first-order chi connectivity index (χ1) is 13.9. The number of amides is 4. The molecular weight excluding hydrogens is 390 g/mol. The molecule has 0 aromatic heterocycles. The summed E-state index contributed by atoms with van der Waals surface area (Å²) in [5.74, 6) is -0.222. The van der Waals surface area contributed by atoms with E-state index in [1.807, 2.05) is 31.4 Å². The Labute approximate surface area is 173 Å². The molecular formula is C21H23N3O4S. The lowest BCUT2D eigenvalue weighted by molar-refractivity contribution is -0.134. The molecule has 3 rings (SSSR count). The lowest BCUT2D eigenvalue weighted by atomic mass is 9.87. The highest BCUT2D eigenvalue weighted by Crippen LogP contribution is 2.33. The van der Waals surface area contributed by atoms with Gasteiger partial charge in [-0.15, -0.1) is 11.8 Å². The molecule has 1 fully saturated rings. The molecule has 0 saturated carbocycles. The number of nitrogens with zero attached hydrogens (tertiary/aromatic N) is 1. The number of carbonyl (C=O) groups excluding carboxylic acids is 3. The molecule has 1 atom stereocenters. The molecule has 152 valence electrons. The highest BCUT2D eigenvalue weighted by Gasteiger charge is 2.51. The monoisotopic (exact) mass is 413 g/mol. The number of nitrogens with one attached hydrogen (secondary N) is 2. The quantitative estimate of drug-likeness (QED) is 0.538. The van der Waals surface area contributed by atoms with Crippen molar-refractivity contribution in [3.05, 3.63) is 54.1 Å². The number of para-hydroxylation sites is 1. The van der Waals surface area contributed by atoms with Gasteiger partial charge in [0.25, 0.3) is 5.91 Å². The second kappa shape index (κ2) is 8.57. The fourth-order valence-electron chi connectivity index (χ4n) is 3.37. The van der Waals surface area contributed by atoms with E-state index in [1.54, 1.807) is 37.4 Å². The van der Waals surface area contributed by atoms with Crippen LogP contribution in [0, 0.1) is 0 Å². The van der Waals surface area contributed by atoms with Crippen LogP contribution >= 0.6 is 11.8 Å². The molecule has 0 aliphatic carbocycles. The van der Waals surface area contributed by atoms with Crippen LogP contribution in [0.4, 0.5) is 10.5 Å². The molecule has 0 spiro atoms. The molecule has 1 saturated heterocycles. The number of benzene rings is 2. The zero-order valence-electron chi connectivity index (χ0n) is 16.5. The van der Waals surface area contributed by atoms with E-state index in [4.69, 9.17) is 4.74 Å². The molecule has 4 amide bonds. The van der Waals surface area contributed by atoms with Crippen molar-refractivity contribution >= 4 is 35.3 Å². The Morgan fingerprint density at radius 3 is 2.48 bits per heavy atom. The predicted molar refractivity (Wildman–Crippen MR) is 112 cm³/mol. The summed E-state index contributed by atoms with van der Waals surface area (Å²) in [6.07, 6.45) is 2.27. The maximum Gasteiger partial charge on any atom is 0.325 e.